The van der Waals surface area contributed by atoms with E-state index in [0.29, 0.717) is 15.9 Å². The number of imidazole rings is 1. The Morgan fingerprint density at radius 2 is 1.67 bits per heavy atom. The van der Waals surface area contributed by atoms with Crippen molar-refractivity contribution in [2.45, 2.75) is 6.54 Å². The third kappa shape index (κ3) is 3.74. The van der Waals surface area contributed by atoms with E-state index >= 15 is 0 Å². The molecule has 0 aliphatic rings. The van der Waals surface area contributed by atoms with Crippen molar-refractivity contribution in [3.8, 4) is 10.4 Å². The molecule has 4 rings (SSSR count). The van der Waals surface area contributed by atoms with E-state index in [1.54, 1.807) is 49.5 Å². The Labute approximate surface area is 174 Å². The van der Waals surface area contributed by atoms with E-state index in [1.807, 2.05) is 6.07 Å². The molecule has 152 valence electrons. The van der Waals surface area contributed by atoms with Crippen molar-refractivity contribution in [3.63, 3.8) is 0 Å². The highest BCUT2D eigenvalue weighted by atomic mass is 32.1. The molecule has 0 saturated carbocycles. The summed E-state index contributed by atoms with van der Waals surface area (Å²) >= 11 is 1.22. The number of hydrogen-bond acceptors (Lipinski definition) is 4. The van der Waals surface area contributed by atoms with Crippen LogP contribution < -0.4 is 16.5 Å². The summed E-state index contributed by atoms with van der Waals surface area (Å²) in [6.45, 7) is -0.230. The third-order valence-corrected chi connectivity index (χ3v) is 5.76. The molecule has 0 aliphatic heterocycles. The fourth-order valence-corrected chi connectivity index (χ4v) is 4.02. The summed E-state index contributed by atoms with van der Waals surface area (Å²) in [5, 5.41) is 0. The van der Waals surface area contributed by atoms with E-state index < -0.39 is 11.8 Å². The molecule has 7 nitrogen and oxygen atoms in total. The first-order valence-electron chi connectivity index (χ1n) is 9.03. The van der Waals surface area contributed by atoms with Gasteiger partial charge >= 0.3 is 5.69 Å². The van der Waals surface area contributed by atoms with Crippen LogP contribution in [0.4, 0.5) is 4.39 Å². The molecule has 9 heteroatoms. The number of thiophene rings is 1. The van der Waals surface area contributed by atoms with Gasteiger partial charge in [0.25, 0.3) is 11.8 Å². The standard InChI is InChI=1S/C21H17FN4O3S/c1-25-15-4-2-3-5-16(15)26(21(25)29)12-19(27)23-24-20(28)18-11-10-17(30-18)13-6-8-14(22)9-7-13/h2-11H,12H2,1H3,(H,23,27)(H,24,28). The number of hydrazine groups is 1. The summed E-state index contributed by atoms with van der Waals surface area (Å²) in [5.41, 5.74) is 6.51. The number of nitrogens with zero attached hydrogens (tertiary/aromatic N) is 2. The molecule has 0 aliphatic carbocycles. The molecule has 0 bridgehead atoms. The second kappa shape index (κ2) is 7.96. The third-order valence-electron chi connectivity index (χ3n) is 4.63. The van der Waals surface area contributed by atoms with Crippen molar-refractivity contribution in [2.24, 2.45) is 7.05 Å². The summed E-state index contributed by atoms with van der Waals surface area (Å²) in [5.74, 6) is -1.34. The number of carbonyl (C=O) groups is 2. The van der Waals surface area contributed by atoms with E-state index in [1.165, 1.54) is 32.6 Å². The number of benzene rings is 2. The maximum absolute atomic E-state index is 13.1. The van der Waals surface area contributed by atoms with E-state index in [9.17, 15) is 18.8 Å². The van der Waals surface area contributed by atoms with Gasteiger partial charge in [0.2, 0.25) is 0 Å². The van der Waals surface area contributed by atoms with Crippen LogP contribution in [0.5, 0.6) is 0 Å². The van der Waals surface area contributed by atoms with Crippen LogP contribution in [0, 0.1) is 5.82 Å². The minimum atomic E-state index is -0.530. The van der Waals surface area contributed by atoms with Gasteiger partial charge in [-0.2, -0.15) is 0 Å². The van der Waals surface area contributed by atoms with E-state index in [2.05, 4.69) is 10.9 Å². The molecular weight excluding hydrogens is 407 g/mol. The van der Waals surface area contributed by atoms with Crippen LogP contribution >= 0.6 is 11.3 Å². The number of aryl methyl sites for hydroxylation is 1. The molecule has 2 amide bonds. The van der Waals surface area contributed by atoms with Gasteiger partial charge in [-0.15, -0.1) is 11.3 Å². The van der Waals surface area contributed by atoms with Gasteiger partial charge in [0.05, 0.1) is 15.9 Å². The fourth-order valence-electron chi connectivity index (χ4n) is 3.12. The SMILES string of the molecule is Cn1c(=O)n(CC(=O)NNC(=O)c2ccc(-c3ccc(F)cc3)s2)c2ccccc21. The second-order valence-electron chi connectivity index (χ2n) is 6.59. The Balaban J connectivity index is 1.41. The van der Waals surface area contributed by atoms with Crippen LogP contribution in [-0.2, 0) is 18.4 Å². The van der Waals surface area contributed by atoms with Crippen molar-refractivity contribution in [1.82, 2.24) is 20.0 Å². The molecule has 30 heavy (non-hydrogen) atoms. The number of carbonyl (C=O) groups excluding carboxylic acids is 2. The minimum Gasteiger partial charge on any atom is -0.295 e. The van der Waals surface area contributed by atoms with Gasteiger partial charge in [0.1, 0.15) is 12.4 Å². The average molecular weight is 424 g/mol. The number of fused-ring (bicyclic) bond motifs is 1. The predicted molar refractivity (Wildman–Crippen MR) is 113 cm³/mol. The van der Waals surface area contributed by atoms with Crippen molar-refractivity contribution in [2.75, 3.05) is 0 Å². The Morgan fingerprint density at radius 1 is 0.967 bits per heavy atom. The molecule has 2 N–H and O–H groups in total. The van der Waals surface area contributed by atoms with Gasteiger partial charge in [0.15, 0.2) is 0 Å². The number of halogens is 1. The summed E-state index contributed by atoms with van der Waals surface area (Å²) < 4.78 is 15.9. The number of para-hydroxylation sites is 2. The molecule has 4 aromatic rings. The number of rotatable bonds is 4. The smallest absolute Gasteiger partial charge is 0.295 e. The first kappa shape index (κ1) is 19.6. The summed E-state index contributed by atoms with van der Waals surface area (Å²) in [6, 6.07) is 16.5. The number of amides is 2. The molecule has 0 spiro atoms. The minimum absolute atomic E-state index is 0.230. The molecule has 0 saturated heterocycles. The Hall–Kier alpha value is -3.72. The van der Waals surface area contributed by atoms with Crippen LogP contribution in [0.1, 0.15) is 9.67 Å². The van der Waals surface area contributed by atoms with Gasteiger partial charge in [-0.3, -0.25) is 29.6 Å². The normalized spacial score (nSPS) is 10.9. The number of hydrogen-bond donors (Lipinski definition) is 2. The maximum atomic E-state index is 13.1. The van der Waals surface area contributed by atoms with Crippen molar-refractivity contribution in [3.05, 3.63) is 81.8 Å². The predicted octanol–water partition coefficient (Wildman–Crippen LogP) is 2.67. The van der Waals surface area contributed by atoms with E-state index in [4.69, 9.17) is 0 Å². The highest BCUT2D eigenvalue weighted by molar-refractivity contribution is 7.17. The second-order valence-corrected chi connectivity index (χ2v) is 7.67. The van der Waals surface area contributed by atoms with Crippen molar-refractivity contribution in [1.29, 1.82) is 0 Å². The Bertz CT molecular complexity index is 1300. The monoisotopic (exact) mass is 424 g/mol. The molecule has 0 atom stereocenters. The van der Waals surface area contributed by atoms with Crippen molar-refractivity contribution >= 4 is 34.2 Å². The molecule has 0 fully saturated rings. The molecule has 0 unspecified atom stereocenters. The number of nitrogens with one attached hydrogen (secondary N) is 2. The summed E-state index contributed by atoms with van der Waals surface area (Å²) in [4.78, 5) is 38.2. The largest absolute Gasteiger partial charge is 0.329 e. The zero-order valence-electron chi connectivity index (χ0n) is 15.9. The zero-order valence-corrected chi connectivity index (χ0v) is 16.7. The fraction of sp³-hybridized carbons (Fsp3) is 0.0952. The van der Waals surface area contributed by atoms with E-state index in [-0.39, 0.29) is 18.1 Å². The van der Waals surface area contributed by atoms with Gasteiger partial charge in [-0.25, -0.2) is 9.18 Å². The van der Waals surface area contributed by atoms with Gasteiger partial charge < -0.3 is 0 Å². The lowest BCUT2D eigenvalue weighted by atomic mass is 10.2. The quantitative estimate of drug-likeness (QED) is 0.494. The Morgan fingerprint density at radius 3 is 2.40 bits per heavy atom. The molecule has 2 heterocycles. The molecule has 2 aromatic carbocycles. The maximum Gasteiger partial charge on any atom is 0.329 e. The highest BCUT2D eigenvalue weighted by Crippen LogP contribution is 2.28. The van der Waals surface area contributed by atoms with Crippen LogP contribution in [0.15, 0.2) is 65.5 Å². The Kier molecular flexibility index (Phi) is 5.20. The molecular formula is C21H17FN4O3S. The van der Waals surface area contributed by atoms with Gasteiger partial charge in [0, 0.05) is 11.9 Å². The van der Waals surface area contributed by atoms with Crippen LogP contribution in [0.3, 0.4) is 0 Å². The van der Waals surface area contributed by atoms with Crippen LogP contribution in [0.25, 0.3) is 21.5 Å². The first-order chi connectivity index (χ1) is 14.4. The van der Waals surface area contributed by atoms with Gasteiger partial charge in [-0.05, 0) is 42.0 Å². The lowest BCUT2D eigenvalue weighted by Gasteiger charge is -2.07. The van der Waals surface area contributed by atoms with Crippen molar-refractivity contribution < 1.29 is 14.0 Å². The van der Waals surface area contributed by atoms with Crippen LogP contribution in [0.2, 0.25) is 0 Å². The van der Waals surface area contributed by atoms with Crippen LogP contribution in [-0.4, -0.2) is 20.9 Å². The highest BCUT2D eigenvalue weighted by Gasteiger charge is 2.15. The number of aromatic nitrogens is 2. The zero-order chi connectivity index (χ0) is 21.3. The average Bonchev–Trinajstić information content (AvgIpc) is 3.33. The topological polar surface area (TPSA) is 85.1 Å². The lowest BCUT2D eigenvalue weighted by Crippen LogP contribution is -2.44. The lowest BCUT2D eigenvalue weighted by molar-refractivity contribution is -0.122. The first-order valence-corrected chi connectivity index (χ1v) is 9.85. The van der Waals surface area contributed by atoms with E-state index in [0.717, 1.165) is 10.4 Å². The van der Waals surface area contributed by atoms with Gasteiger partial charge in [-0.1, -0.05) is 24.3 Å². The molecule has 0 radical (unpaired) electrons. The summed E-state index contributed by atoms with van der Waals surface area (Å²) in [6.07, 6.45) is 0. The molecule has 2 aromatic heterocycles. The summed E-state index contributed by atoms with van der Waals surface area (Å²) in [7, 11) is 1.64.